The molecule has 0 aromatic carbocycles. The highest BCUT2D eigenvalue weighted by molar-refractivity contribution is 7.90. The van der Waals surface area contributed by atoms with E-state index in [1.807, 2.05) is 0 Å². The summed E-state index contributed by atoms with van der Waals surface area (Å²) >= 11 is 0. The lowest BCUT2D eigenvalue weighted by atomic mass is 9.92. The molecule has 4 nitrogen and oxygen atoms in total. The van der Waals surface area contributed by atoms with Gasteiger partial charge in [0, 0.05) is 19.5 Å². The van der Waals surface area contributed by atoms with E-state index in [-0.39, 0.29) is 5.75 Å². The molecule has 13 heavy (non-hydrogen) atoms. The topological polar surface area (TPSA) is 63.6 Å². The zero-order valence-electron chi connectivity index (χ0n) is 7.82. The van der Waals surface area contributed by atoms with Crippen molar-refractivity contribution in [3.63, 3.8) is 0 Å². The summed E-state index contributed by atoms with van der Waals surface area (Å²) in [5.74, 6) is 0.0590. The van der Waals surface area contributed by atoms with Crippen LogP contribution in [0.5, 0.6) is 0 Å². The van der Waals surface area contributed by atoms with Gasteiger partial charge in [-0.3, -0.25) is 0 Å². The third-order valence-electron chi connectivity index (χ3n) is 2.36. The molecule has 0 saturated carbocycles. The molecule has 1 rings (SSSR count). The molecule has 78 valence electrons. The largest absolute Gasteiger partial charge is 0.390 e. The van der Waals surface area contributed by atoms with Crippen LogP contribution in [0.25, 0.3) is 0 Å². The van der Waals surface area contributed by atoms with Gasteiger partial charge < -0.3 is 9.84 Å². The number of aliphatic hydroxyl groups is 1. The lowest BCUT2D eigenvalue weighted by molar-refractivity contribution is -0.0645. The summed E-state index contributed by atoms with van der Waals surface area (Å²) in [4.78, 5) is 0. The van der Waals surface area contributed by atoms with Crippen molar-refractivity contribution < 1.29 is 18.3 Å². The minimum atomic E-state index is -2.96. The van der Waals surface area contributed by atoms with E-state index in [4.69, 9.17) is 4.74 Å². The third-order valence-corrected chi connectivity index (χ3v) is 3.31. The summed E-state index contributed by atoms with van der Waals surface area (Å²) in [7, 11) is -2.96. The van der Waals surface area contributed by atoms with Crippen LogP contribution in [0.15, 0.2) is 0 Å². The van der Waals surface area contributed by atoms with E-state index in [0.29, 0.717) is 32.5 Å². The van der Waals surface area contributed by atoms with Crippen molar-refractivity contribution in [1.82, 2.24) is 0 Å². The molecule has 0 amide bonds. The van der Waals surface area contributed by atoms with Gasteiger partial charge in [0.1, 0.15) is 9.84 Å². The van der Waals surface area contributed by atoms with Crippen LogP contribution in [0.1, 0.15) is 19.3 Å². The first kappa shape index (κ1) is 10.9. The maximum Gasteiger partial charge on any atom is 0.147 e. The van der Waals surface area contributed by atoms with Crippen molar-refractivity contribution in [2.45, 2.75) is 24.9 Å². The Morgan fingerprint density at radius 1 is 1.38 bits per heavy atom. The van der Waals surface area contributed by atoms with E-state index >= 15 is 0 Å². The summed E-state index contributed by atoms with van der Waals surface area (Å²) in [5, 5.41) is 9.89. The molecule has 0 aromatic heterocycles. The Balaban J connectivity index is 2.42. The Morgan fingerprint density at radius 2 is 1.92 bits per heavy atom. The highest BCUT2D eigenvalue weighted by atomic mass is 32.2. The average Bonchev–Trinajstić information content (AvgIpc) is 2.02. The van der Waals surface area contributed by atoms with Gasteiger partial charge in [-0.05, 0) is 19.3 Å². The molecular weight excluding hydrogens is 192 g/mol. The summed E-state index contributed by atoms with van der Waals surface area (Å²) < 4.78 is 26.8. The molecule has 0 radical (unpaired) electrons. The SMILES string of the molecule is CS(=O)(=O)CCC1(O)CCOCC1. The normalized spacial score (nSPS) is 22.9. The summed E-state index contributed by atoms with van der Waals surface area (Å²) in [6.07, 6.45) is 2.61. The fourth-order valence-corrected chi connectivity index (χ4v) is 2.13. The zero-order chi connectivity index (χ0) is 9.95. The van der Waals surface area contributed by atoms with E-state index < -0.39 is 15.4 Å². The van der Waals surface area contributed by atoms with Gasteiger partial charge in [-0.1, -0.05) is 0 Å². The Kier molecular flexibility index (Phi) is 3.32. The van der Waals surface area contributed by atoms with Crippen LogP contribution < -0.4 is 0 Å². The molecule has 0 bridgehead atoms. The van der Waals surface area contributed by atoms with Gasteiger partial charge in [-0.15, -0.1) is 0 Å². The first-order valence-corrected chi connectivity index (χ1v) is 6.45. The monoisotopic (exact) mass is 208 g/mol. The fourth-order valence-electron chi connectivity index (χ4n) is 1.38. The minimum absolute atomic E-state index is 0.0590. The summed E-state index contributed by atoms with van der Waals surface area (Å²) in [5.41, 5.74) is -0.818. The maximum atomic E-state index is 10.9. The second-order valence-electron chi connectivity index (χ2n) is 3.72. The number of hydrogen-bond acceptors (Lipinski definition) is 4. The highest BCUT2D eigenvalue weighted by Crippen LogP contribution is 2.24. The number of ether oxygens (including phenoxy) is 1. The van der Waals surface area contributed by atoms with Gasteiger partial charge in [0.25, 0.3) is 0 Å². The van der Waals surface area contributed by atoms with Gasteiger partial charge in [0.2, 0.25) is 0 Å². The quantitative estimate of drug-likeness (QED) is 0.707. The van der Waals surface area contributed by atoms with Crippen molar-refractivity contribution in [1.29, 1.82) is 0 Å². The van der Waals surface area contributed by atoms with Gasteiger partial charge in [0.15, 0.2) is 0 Å². The van der Waals surface area contributed by atoms with Crippen molar-refractivity contribution in [3.05, 3.63) is 0 Å². The van der Waals surface area contributed by atoms with Crippen LogP contribution in [-0.2, 0) is 14.6 Å². The fraction of sp³-hybridized carbons (Fsp3) is 1.00. The lowest BCUT2D eigenvalue weighted by Gasteiger charge is -2.31. The van der Waals surface area contributed by atoms with Crippen molar-refractivity contribution in [2.24, 2.45) is 0 Å². The number of hydrogen-bond donors (Lipinski definition) is 1. The molecule has 1 N–H and O–H groups in total. The Morgan fingerprint density at radius 3 is 2.38 bits per heavy atom. The van der Waals surface area contributed by atoms with Crippen LogP contribution in [0.4, 0.5) is 0 Å². The third kappa shape index (κ3) is 4.06. The van der Waals surface area contributed by atoms with E-state index in [1.165, 1.54) is 6.26 Å². The predicted molar refractivity (Wildman–Crippen MR) is 49.3 cm³/mol. The van der Waals surface area contributed by atoms with Crippen LogP contribution in [0.2, 0.25) is 0 Å². The van der Waals surface area contributed by atoms with E-state index in [2.05, 4.69) is 0 Å². The van der Waals surface area contributed by atoms with Crippen LogP contribution in [0, 0.1) is 0 Å². The molecule has 1 heterocycles. The van der Waals surface area contributed by atoms with Crippen LogP contribution in [0.3, 0.4) is 0 Å². The molecule has 0 aliphatic carbocycles. The highest BCUT2D eigenvalue weighted by Gasteiger charge is 2.30. The van der Waals surface area contributed by atoms with Gasteiger partial charge in [-0.2, -0.15) is 0 Å². The Labute approximate surface area is 78.8 Å². The molecule has 1 saturated heterocycles. The van der Waals surface area contributed by atoms with Gasteiger partial charge >= 0.3 is 0 Å². The standard InChI is InChI=1S/C8H16O4S/c1-13(10,11)7-4-8(9)2-5-12-6-3-8/h9H,2-7H2,1H3. The Bertz CT molecular complexity index is 251. The van der Waals surface area contributed by atoms with E-state index in [1.54, 1.807) is 0 Å². The van der Waals surface area contributed by atoms with Gasteiger partial charge in [0.05, 0.1) is 11.4 Å². The van der Waals surface area contributed by atoms with Crippen molar-refractivity contribution >= 4 is 9.84 Å². The first-order valence-electron chi connectivity index (χ1n) is 4.39. The second kappa shape index (κ2) is 3.94. The van der Waals surface area contributed by atoms with Crippen LogP contribution in [-0.4, -0.2) is 44.3 Å². The first-order chi connectivity index (χ1) is 5.91. The molecule has 1 aliphatic heterocycles. The molecule has 0 spiro atoms. The van der Waals surface area contributed by atoms with Crippen LogP contribution >= 0.6 is 0 Å². The van der Waals surface area contributed by atoms with Crippen molar-refractivity contribution in [3.8, 4) is 0 Å². The van der Waals surface area contributed by atoms with E-state index in [9.17, 15) is 13.5 Å². The smallest absolute Gasteiger partial charge is 0.147 e. The molecule has 0 atom stereocenters. The number of sulfone groups is 1. The molecule has 1 aliphatic rings. The van der Waals surface area contributed by atoms with Gasteiger partial charge in [-0.25, -0.2) is 8.42 Å². The van der Waals surface area contributed by atoms with Crippen molar-refractivity contribution in [2.75, 3.05) is 25.2 Å². The molecule has 0 unspecified atom stereocenters. The Hall–Kier alpha value is -0.130. The lowest BCUT2D eigenvalue weighted by Crippen LogP contribution is -2.37. The zero-order valence-corrected chi connectivity index (χ0v) is 8.64. The second-order valence-corrected chi connectivity index (χ2v) is 5.98. The summed E-state index contributed by atoms with van der Waals surface area (Å²) in [6, 6.07) is 0. The molecule has 1 fully saturated rings. The summed E-state index contributed by atoms with van der Waals surface area (Å²) in [6.45, 7) is 1.06. The maximum absolute atomic E-state index is 10.9. The minimum Gasteiger partial charge on any atom is -0.390 e. The number of rotatable bonds is 3. The molecule has 5 heteroatoms. The van der Waals surface area contributed by atoms with E-state index in [0.717, 1.165) is 0 Å². The molecule has 0 aromatic rings. The average molecular weight is 208 g/mol. The molecular formula is C8H16O4S. The predicted octanol–water partition coefficient (Wildman–Crippen LogP) is -0.0374.